The third-order valence-electron chi connectivity index (χ3n) is 7.25. The minimum absolute atomic E-state index is 0.0273. The highest BCUT2D eigenvalue weighted by molar-refractivity contribution is 5.90. The van der Waals surface area contributed by atoms with Crippen LogP contribution in [0, 0.1) is 21.7 Å². The average Bonchev–Trinajstić information content (AvgIpc) is 2.53. The van der Waals surface area contributed by atoms with Crippen molar-refractivity contribution in [2.75, 3.05) is 13.1 Å². The molecule has 2 fully saturated rings. The summed E-state index contributed by atoms with van der Waals surface area (Å²) in [6, 6.07) is 0.0546. The zero-order valence-electron chi connectivity index (χ0n) is 20.9. The lowest BCUT2D eigenvalue weighted by atomic mass is 9.61. The number of hydrogen-bond acceptors (Lipinski definition) is 6. The Morgan fingerprint density at radius 1 is 0.812 bits per heavy atom. The largest absolute Gasteiger partial charge is 0.380 e. The van der Waals surface area contributed by atoms with Gasteiger partial charge in [-0.05, 0) is 60.2 Å². The number of aliphatic hydroxyl groups is 2. The Morgan fingerprint density at radius 2 is 1.19 bits per heavy atom. The Labute approximate surface area is 193 Å². The molecule has 0 aromatic rings. The molecule has 8 nitrogen and oxygen atoms in total. The highest BCUT2D eigenvalue weighted by atomic mass is 16.3. The van der Waals surface area contributed by atoms with Gasteiger partial charge in [-0.3, -0.25) is 9.59 Å². The van der Waals surface area contributed by atoms with Crippen LogP contribution in [-0.4, -0.2) is 64.3 Å². The van der Waals surface area contributed by atoms with Crippen molar-refractivity contribution in [3.63, 3.8) is 0 Å². The zero-order chi connectivity index (χ0) is 24.7. The molecule has 0 aromatic heterocycles. The summed E-state index contributed by atoms with van der Waals surface area (Å²) in [4.78, 5) is 26.4. The van der Waals surface area contributed by atoms with Crippen molar-refractivity contribution >= 4 is 11.8 Å². The van der Waals surface area contributed by atoms with Crippen LogP contribution in [0.15, 0.2) is 0 Å². The summed E-state index contributed by atoms with van der Waals surface area (Å²) in [5, 5.41) is 20.5. The molecule has 0 saturated heterocycles. The number of hydrogen-bond donors (Lipinski definition) is 5. The molecule has 2 rings (SSSR count). The van der Waals surface area contributed by atoms with Gasteiger partial charge in [0.15, 0.2) is 12.2 Å². The Balaban J connectivity index is 2.34. The highest BCUT2D eigenvalue weighted by Gasteiger charge is 2.46. The summed E-state index contributed by atoms with van der Waals surface area (Å²) in [6.45, 7) is 13.8. The van der Waals surface area contributed by atoms with E-state index in [4.69, 9.17) is 17.2 Å². The van der Waals surface area contributed by atoms with E-state index in [-0.39, 0.29) is 33.7 Å². The molecule has 2 aliphatic rings. The quantitative estimate of drug-likeness (QED) is 0.388. The molecule has 0 aromatic carbocycles. The molecular formula is C24H46N4O4. The number of aliphatic hydroxyl groups excluding tert-OH is 2. The van der Waals surface area contributed by atoms with Crippen LogP contribution >= 0.6 is 0 Å². The Kier molecular flexibility index (Phi) is 7.77. The van der Waals surface area contributed by atoms with Crippen LogP contribution in [-0.2, 0) is 9.59 Å². The normalized spacial score (nSPS) is 36.2. The molecule has 186 valence electrons. The predicted molar refractivity (Wildman–Crippen MR) is 125 cm³/mol. The first-order chi connectivity index (χ1) is 14.4. The Morgan fingerprint density at radius 3 is 1.50 bits per heavy atom. The summed E-state index contributed by atoms with van der Waals surface area (Å²) in [6.07, 6.45) is 1.28. The van der Waals surface area contributed by atoms with Gasteiger partial charge in [0.2, 0.25) is 5.91 Å². The van der Waals surface area contributed by atoms with Gasteiger partial charge in [0, 0.05) is 25.2 Å². The maximum absolute atomic E-state index is 13.4. The molecule has 8 heteroatoms. The molecule has 0 aliphatic heterocycles. The van der Waals surface area contributed by atoms with Gasteiger partial charge in [-0.1, -0.05) is 41.5 Å². The smallest absolute Gasteiger partial charge is 0.254 e. The van der Waals surface area contributed by atoms with Gasteiger partial charge in [-0.2, -0.15) is 0 Å². The number of carbonyl (C=O) groups excluding carboxylic acids is 2. The standard InChI is InChI=1S/C24H46N4O4/c1-21(2)7-15(25)9-23(5,11-21)13-28(20(32)18(30)17(29)19(27)31)14-24(6)10-16(26)8-22(3,4)12-24/h15-18,29-30H,7-14,25-26H2,1-6H3,(H2,27,31)/t15?,16?,17-,18-,23?,24?/m1/s1. The zero-order valence-corrected chi connectivity index (χ0v) is 20.9. The monoisotopic (exact) mass is 454 g/mol. The van der Waals surface area contributed by atoms with Crippen LogP contribution in [0.1, 0.15) is 80.1 Å². The van der Waals surface area contributed by atoms with E-state index in [1.165, 1.54) is 0 Å². The Hall–Kier alpha value is -1.22. The van der Waals surface area contributed by atoms with Crippen molar-refractivity contribution in [2.24, 2.45) is 38.9 Å². The van der Waals surface area contributed by atoms with E-state index in [1.54, 1.807) is 4.90 Å². The van der Waals surface area contributed by atoms with Crippen LogP contribution in [0.3, 0.4) is 0 Å². The molecule has 0 heterocycles. The summed E-state index contributed by atoms with van der Waals surface area (Å²) in [5.74, 6) is -1.79. The van der Waals surface area contributed by atoms with Gasteiger partial charge in [0.1, 0.15) is 0 Å². The van der Waals surface area contributed by atoms with E-state index in [0.717, 1.165) is 38.5 Å². The number of rotatable bonds is 7. The summed E-state index contributed by atoms with van der Waals surface area (Å²) in [5.41, 5.74) is 17.5. The lowest BCUT2D eigenvalue weighted by Crippen LogP contribution is -2.57. The fourth-order valence-electron chi connectivity index (χ4n) is 7.28. The topological polar surface area (TPSA) is 156 Å². The summed E-state index contributed by atoms with van der Waals surface area (Å²) < 4.78 is 0. The summed E-state index contributed by atoms with van der Waals surface area (Å²) >= 11 is 0. The second-order valence-electron chi connectivity index (χ2n) is 13.1. The molecule has 2 saturated carbocycles. The maximum atomic E-state index is 13.4. The van der Waals surface area contributed by atoms with E-state index < -0.39 is 24.0 Å². The van der Waals surface area contributed by atoms with Crippen molar-refractivity contribution in [1.82, 2.24) is 4.90 Å². The van der Waals surface area contributed by atoms with E-state index >= 15 is 0 Å². The molecule has 4 unspecified atom stereocenters. The fourth-order valence-corrected chi connectivity index (χ4v) is 7.28. The molecule has 0 spiro atoms. The second kappa shape index (κ2) is 9.20. The predicted octanol–water partition coefficient (Wildman–Crippen LogP) is 1.11. The van der Waals surface area contributed by atoms with Crippen molar-refractivity contribution in [2.45, 2.75) is 104 Å². The Bertz CT molecular complexity index is 672. The molecule has 0 radical (unpaired) electrons. The highest BCUT2D eigenvalue weighted by Crippen LogP contribution is 2.48. The van der Waals surface area contributed by atoms with Crippen molar-refractivity contribution in [3.05, 3.63) is 0 Å². The van der Waals surface area contributed by atoms with Crippen LogP contribution < -0.4 is 17.2 Å². The number of nitrogens with zero attached hydrogens (tertiary/aromatic N) is 1. The SMILES string of the molecule is CC1(C)CC(N)CC(C)(CN(CC2(C)CC(N)CC(C)(C)C2)C(=O)[C@H](O)[C@@H](O)C(N)=O)C1. The van der Waals surface area contributed by atoms with Gasteiger partial charge in [-0.25, -0.2) is 0 Å². The van der Waals surface area contributed by atoms with Gasteiger partial charge >= 0.3 is 0 Å². The van der Waals surface area contributed by atoms with Crippen LogP contribution in [0.25, 0.3) is 0 Å². The number of nitrogens with two attached hydrogens (primary N) is 3. The molecule has 2 amide bonds. The van der Waals surface area contributed by atoms with Crippen LogP contribution in [0.5, 0.6) is 0 Å². The third-order valence-corrected chi connectivity index (χ3v) is 7.25. The first kappa shape index (κ1) is 27.0. The van der Waals surface area contributed by atoms with Crippen molar-refractivity contribution in [3.8, 4) is 0 Å². The molecule has 0 bridgehead atoms. The van der Waals surface area contributed by atoms with E-state index in [1.807, 2.05) is 0 Å². The molecule has 32 heavy (non-hydrogen) atoms. The van der Waals surface area contributed by atoms with Crippen molar-refractivity contribution < 1.29 is 19.8 Å². The van der Waals surface area contributed by atoms with Gasteiger partial charge in [-0.15, -0.1) is 0 Å². The lowest BCUT2D eigenvalue weighted by molar-refractivity contribution is -0.156. The van der Waals surface area contributed by atoms with Gasteiger partial charge < -0.3 is 32.3 Å². The van der Waals surface area contributed by atoms with E-state index in [2.05, 4.69) is 41.5 Å². The lowest BCUT2D eigenvalue weighted by Gasteiger charge is -2.51. The third kappa shape index (κ3) is 6.89. The number of primary amides is 1. The second-order valence-corrected chi connectivity index (χ2v) is 13.1. The van der Waals surface area contributed by atoms with Crippen molar-refractivity contribution in [1.29, 1.82) is 0 Å². The van der Waals surface area contributed by atoms with E-state index in [0.29, 0.717) is 13.1 Å². The minimum Gasteiger partial charge on any atom is -0.380 e. The minimum atomic E-state index is -1.94. The number of carbonyl (C=O) groups is 2. The summed E-state index contributed by atoms with van der Waals surface area (Å²) in [7, 11) is 0. The molecular weight excluding hydrogens is 408 g/mol. The number of amides is 2. The molecule has 6 atom stereocenters. The van der Waals surface area contributed by atoms with Gasteiger partial charge in [0.05, 0.1) is 0 Å². The average molecular weight is 455 g/mol. The fraction of sp³-hybridized carbons (Fsp3) is 0.917. The van der Waals surface area contributed by atoms with Gasteiger partial charge in [0.25, 0.3) is 5.91 Å². The van der Waals surface area contributed by atoms with Crippen LogP contribution in [0.2, 0.25) is 0 Å². The molecule has 2 aliphatic carbocycles. The maximum Gasteiger partial charge on any atom is 0.254 e. The first-order valence-electron chi connectivity index (χ1n) is 11.8. The van der Waals surface area contributed by atoms with Crippen LogP contribution in [0.4, 0.5) is 0 Å². The first-order valence-corrected chi connectivity index (χ1v) is 11.8. The molecule has 8 N–H and O–H groups in total. The van der Waals surface area contributed by atoms with E-state index in [9.17, 15) is 19.8 Å².